The maximum absolute atomic E-state index is 5.44. The summed E-state index contributed by atoms with van der Waals surface area (Å²) < 4.78 is 10.8. The summed E-state index contributed by atoms with van der Waals surface area (Å²) >= 11 is 1.93. The Morgan fingerprint density at radius 1 is 1.23 bits per heavy atom. The summed E-state index contributed by atoms with van der Waals surface area (Å²) in [5.41, 5.74) is 0. The summed E-state index contributed by atoms with van der Waals surface area (Å²) in [6.45, 7) is 4.37. The monoisotopic (exact) mass is 495 g/mol. The molecular formula is C19H34IN3O2S. The van der Waals surface area contributed by atoms with Gasteiger partial charge in [0.05, 0.1) is 12.9 Å². The predicted molar refractivity (Wildman–Crippen MR) is 122 cm³/mol. The van der Waals surface area contributed by atoms with Gasteiger partial charge >= 0.3 is 0 Å². The van der Waals surface area contributed by atoms with E-state index in [4.69, 9.17) is 14.1 Å². The number of rotatable bonds is 12. The van der Waals surface area contributed by atoms with E-state index >= 15 is 0 Å². The molecule has 150 valence electrons. The summed E-state index contributed by atoms with van der Waals surface area (Å²) in [6.07, 6.45) is 11.0. The minimum Gasteiger partial charge on any atom is -0.469 e. The van der Waals surface area contributed by atoms with Gasteiger partial charge in [0, 0.05) is 38.6 Å². The molecule has 0 amide bonds. The molecule has 1 aliphatic rings. The quantitative estimate of drug-likeness (QED) is 0.199. The number of aliphatic imine (C=N–C) groups is 1. The number of thioether (sulfide) groups is 1. The topological polar surface area (TPSA) is 58.8 Å². The van der Waals surface area contributed by atoms with Crippen molar-refractivity contribution in [2.24, 2.45) is 10.9 Å². The van der Waals surface area contributed by atoms with E-state index < -0.39 is 0 Å². The number of halogens is 1. The Labute approximate surface area is 179 Å². The lowest BCUT2D eigenvalue weighted by Crippen LogP contribution is -2.39. The van der Waals surface area contributed by atoms with Crippen molar-refractivity contribution in [3.63, 3.8) is 0 Å². The lowest BCUT2D eigenvalue weighted by atomic mass is 10.1. The van der Waals surface area contributed by atoms with E-state index in [1.807, 2.05) is 23.9 Å². The van der Waals surface area contributed by atoms with E-state index in [0.717, 1.165) is 57.4 Å². The van der Waals surface area contributed by atoms with Crippen LogP contribution in [0.25, 0.3) is 0 Å². The molecule has 2 N–H and O–H groups in total. The third kappa shape index (κ3) is 10.7. The second-order valence-corrected chi connectivity index (χ2v) is 7.49. The van der Waals surface area contributed by atoms with E-state index in [1.165, 1.54) is 31.4 Å². The second kappa shape index (κ2) is 15.6. The van der Waals surface area contributed by atoms with Crippen LogP contribution in [0.2, 0.25) is 0 Å². The Morgan fingerprint density at radius 3 is 2.81 bits per heavy atom. The smallest absolute Gasteiger partial charge is 0.191 e. The highest BCUT2D eigenvalue weighted by molar-refractivity contribution is 14.0. The molecule has 1 atom stereocenters. The first-order valence-corrected chi connectivity index (χ1v) is 10.9. The number of ether oxygens (including phenoxy) is 1. The average Bonchev–Trinajstić information content (AvgIpc) is 3.32. The lowest BCUT2D eigenvalue weighted by molar-refractivity contribution is 0.187. The van der Waals surface area contributed by atoms with E-state index in [2.05, 4.69) is 16.9 Å². The highest BCUT2D eigenvalue weighted by Gasteiger charge is 2.15. The Morgan fingerprint density at radius 2 is 2.08 bits per heavy atom. The molecule has 2 heterocycles. The van der Waals surface area contributed by atoms with Crippen LogP contribution in [0.4, 0.5) is 0 Å². The van der Waals surface area contributed by atoms with Crippen LogP contribution >= 0.6 is 35.7 Å². The maximum atomic E-state index is 5.44. The van der Waals surface area contributed by atoms with Crippen molar-refractivity contribution >= 4 is 41.7 Å². The van der Waals surface area contributed by atoms with Crippen LogP contribution in [-0.4, -0.2) is 50.8 Å². The fraction of sp³-hybridized carbons (Fsp3) is 0.737. The molecule has 7 heteroatoms. The molecule has 1 saturated heterocycles. The van der Waals surface area contributed by atoms with Gasteiger partial charge in [-0.1, -0.05) is 12.8 Å². The average molecular weight is 495 g/mol. The summed E-state index contributed by atoms with van der Waals surface area (Å²) in [5.74, 6) is 3.76. The molecule has 0 aliphatic carbocycles. The number of guanidine groups is 1. The molecule has 5 nitrogen and oxygen atoms in total. The van der Waals surface area contributed by atoms with Crippen LogP contribution in [0.5, 0.6) is 0 Å². The number of hydrogen-bond acceptors (Lipinski definition) is 4. The fourth-order valence-electron chi connectivity index (χ4n) is 2.81. The zero-order valence-electron chi connectivity index (χ0n) is 15.9. The largest absolute Gasteiger partial charge is 0.469 e. The molecule has 1 aromatic heterocycles. The Kier molecular flexibility index (Phi) is 14.2. The second-order valence-electron chi connectivity index (χ2n) is 6.51. The van der Waals surface area contributed by atoms with Gasteiger partial charge in [0.15, 0.2) is 5.96 Å². The van der Waals surface area contributed by atoms with Crippen molar-refractivity contribution in [1.29, 1.82) is 0 Å². The Hall–Kier alpha value is -0.410. The van der Waals surface area contributed by atoms with Gasteiger partial charge in [-0.15, -0.1) is 24.0 Å². The highest BCUT2D eigenvalue weighted by Crippen LogP contribution is 2.12. The van der Waals surface area contributed by atoms with Crippen molar-refractivity contribution in [2.75, 3.05) is 44.9 Å². The molecule has 26 heavy (non-hydrogen) atoms. The molecule has 1 aliphatic heterocycles. The molecule has 0 saturated carbocycles. The minimum atomic E-state index is 0. The summed E-state index contributed by atoms with van der Waals surface area (Å²) in [5, 5.41) is 6.90. The zero-order chi connectivity index (χ0) is 17.6. The third-order valence-electron chi connectivity index (χ3n) is 4.34. The van der Waals surface area contributed by atoms with Gasteiger partial charge < -0.3 is 19.8 Å². The molecule has 1 unspecified atom stereocenters. The van der Waals surface area contributed by atoms with Gasteiger partial charge in [0.2, 0.25) is 0 Å². The lowest BCUT2D eigenvalue weighted by Gasteiger charge is -2.13. The first-order valence-electron chi connectivity index (χ1n) is 9.49. The van der Waals surface area contributed by atoms with Crippen molar-refractivity contribution in [3.8, 4) is 0 Å². The number of furan rings is 1. The molecule has 1 fully saturated rings. The minimum absolute atomic E-state index is 0. The molecule has 1 aromatic rings. The molecule has 0 aromatic carbocycles. The fourth-order valence-corrected chi connectivity index (χ4v) is 3.31. The van der Waals surface area contributed by atoms with E-state index in [0.29, 0.717) is 5.92 Å². The van der Waals surface area contributed by atoms with Crippen LogP contribution in [0.3, 0.4) is 0 Å². The van der Waals surface area contributed by atoms with Crippen molar-refractivity contribution in [3.05, 3.63) is 24.2 Å². The maximum Gasteiger partial charge on any atom is 0.191 e. The van der Waals surface area contributed by atoms with Gasteiger partial charge in [0.25, 0.3) is 0 Å². The first kappa shape index (κ1) is 23.6. The standard InChI is InChI=1S/C19H33N3O2S.HI/c1-25-14-5-3-2-4-10-20-19(22-15-17-9-13-23-16-17)21-11-8-18-7-6-12-24-18;/h6-7,12,17H,2-5,8-11,13-16H2,1H3,(H2,20,21,22);1H. The predicted octanol–water partition coefficient (Wildman–Crippen LogP) is 3.94. The van der Waals surface area contributed by atoms with Crippen LogP contribution in [0.15, 0.2) is 27.8 Å². The van der Waals surface area contributed by atoms with E-state index in [1.54, 1.807) is 6.26 Å². The van der Waals surface area contributed by atoms with Crippen LogP contribution in [0.1, 0.15) is 37.9 Å². The van der Waals surface area contributed by atoms with Gasteiger partial charge in [-0.3, -0.25) is 4.99 Å². The van der Waals surface area contributed by atoms with Gasteiger partial charge in [-0.05, 0) is 43.4 Å². The summed E-state index contributed by atoms with van der Waals surface area (Å²) in [6, 6.07) is 3.94. The normalized spacial score (nSPS) is 17.1. The van der Waals surface area contributed by atoms with Crippen molar-refractivity contribution in [2.45, 2.75) is 38.5 Å². The zero-order valence-corrected chi connectivity index (χ0v) is 19.0. The molecular weight excluding hydrogens is 461 g/mol. The first-order chi connectivity index (χ1) is 12.4. The number of hydrogen-bond donors (Lipinski definition) is 2. The van der Waals surface area contributed by atoms with Gasteiger partial charge in [-0.2, -0.15) is 11.8 Å². The SMILES string of the molecule is CSCCCCCCNC(=NCC1CCOC1)NCCc1ccco1.I. The molecule has 2 rings (SSSR count). The van der Waals surface area contributed by atoms with Crippen LogP contribution < -0.4 is 10.6 Å². The van der Waals surface area contributed by atoms with Crippen LogP contribution in [0, 0.1) is 5.92 Å². The number of unbranched alkanes of at least 4 members (excludes halogenated alkanes) is 3. The molecule has 0 spiro atoms. The van der Waals surface area contributed by atoms with Crippen molar-refractivity contribution in [1.82, 2.24) is 10.6 Å². The van der Waals surface area contributed by atoms with Crippen molar-refractivity contribution < 1.29 is 9.15 Å². The van der Waals surface area contributed by atoms with Crippen LogP contribution in [-0.2, 0) is 11.2 Å². The van der Waals surface area contributed by atoms with E-state index in [-0.39, 0.29) is 24.0 Å². The Balaban J connectivity index is 0.00000338. The highest BCUT2D eigenvalue weighted by atomic mass is 127. The third-order valence-corrected chi connectivity index (χ3v) is 5.04. The number of nitrogens with one attached hydrogen (secondary N) is 2. The number of nitrogens with zero attached hydrogens (tertiary/aromatic N) is 1. The van der Waals surface area contributed by atoms with Gasteiger partial charge in [0.1, 0.15) is 5.76 Å². The summed E-state index contributed by atoms with van der Waals surface area (Å²) in [4.78, 5) is 4.75. The van der Waals surface area contributed by atoms with Gasteiger partial charge in [-0.25, -0.2) is 0 Å². The Bertz CT molecular complexity index is 465. The molecule has 0 bridgehead atoms. The summed E-state index contributed by atoms with van der Waals surface area (Å²) in [7, 11) is 0. The van der Waals surface area contributed by atoms with E-state index in [9.17, 15) is 0 Å². The molecule has 0 radical (unpaired) electrons.